The zero-order valence-corrected chi connectivity index (χ0v) is 14.0. The van der Waals surface area contributed by atoms with Crippen LogP contribution in [0.2, 0.25) is 0 Å². The smallest absolute Gasteiger partial charge is 0.341 e. The molecule has 8 heteroatoms. The van der Waals surface area contributed by atoms with Crippen molar-refractivity contribution in [3.8, 4) is 0 Å². The van der Waals surface area contributed by atoms with E-state index in [-0.39, 0.29) is 22.8 Å². The monoisotopic (exact) mass is 358 g/mol. The third kappa shape index (κ3) is 2.58. The van der Waals surface area contributed by atoms with E-state index in [0.717, 1.165) is 18.6 Å². The van der Waals surface area contributed by atoms with Gasteiger partial charge in [-0.2, -0.15) is 5.10 Å². The summed E-state index contributed by atoms with van der Waals surface area (Å²) in [5, 5.41) is 13.6. The minimum Gasteiger partial charge on any atom is -0.477 e. The first kappa shape index (κ1) is 16.4. The molecule has 3 aromatic rings. The van der Waals surface area contributed by atoms with Crippen LogP contribution in [0.5, 0.6) is 0 Å². The zero-order chi connectivity index (χ0) is 18.4. The summed E-state index contributed by atoms with van der Waals surface area (Å²) >= 11 is 0. The summed E-state index contributed by atoms with van der Waals surface area (Å²) in [7, 11) is 0. The molecule has 0 saturated carbocycles. The van der Waals surface area contributed by atoms with Crippen LogP contribution in [-0.4, -0.2) is 32.2 Å². The first-order valence-electron chi connectivity index (χ1n) is 8.26. The Morgan fingerprint density at radius 1 is 1.31 bits per heavy atom. The van der Waals surface area contributed by atoms with Crippen LogP contribution in [0.15, 0.2) is 30.5 Å². The molecule has 1 aromatic carbocycles. The van der Waals surface area contributed by atoms with Crippen molar-refractivity contribution in [1.29, 1.82) is 0 Å². The molecule has 1 fully saturated rings. The number of aromatic carboxylic acids is 1. The van der Waals surface area contributed by atoms with E-state index in [9.17, 15) is 18.7 Å². The Morgan fingerprint density at radius 3 is 2.88 bits per heavy atom. The number of rotatable bonds is 3. The molecule has 0 spiro atoms. The van der Waals surface area contributed by atoms with E-state index in [1.807, 2.05) is 4.90 Å². The Balaban J connectivity index is 1.80. The van der Waals surface area contributed by atoms with Gasteiger partial charge in [0, 0.05) is 18.3 Å². The fourth-order valence-corrected chi connectivity index (χ4v) is 3.57. The van der Waals surface area contributed by atoms with Crippen LogP contribution in [0.25, 0.3) is 5.65 Å². The van der Waals surface area contributed by atoms with Gasteiger partial charge in [-0.15, -0.1) is 0 Å². The number of aryl methyl sites for hydroxylation is 1. The van der Waals surface area contributed by atoms with Crippen LogP contribution in [0.4, 0.5) is 14.6 Å². The van der Waals surface area contributed by atoms with Gasteiger partial charge in [-0.25, -0.2) is 23.1 Å². The van der Waals surface area contributed by atoms with Gasteiger partial charge < -0.3 is 10.0 Å². The molecule has 1 aliphatic rings. The van der Waals surface area contributed by atoms with Crippen molar-refractivity contribution >= 4 is 17.4 Å². The van der Waals surface area contributed by atoms with E-state index in [4.69, 9.17) is 0 Å². The number of benzene rings is 1. The maximum Gasteiger partial charge on any atom is 0.341 e. The molecule has 0 radical (unpaired) electrons. The minimum absolute atomic E-state index is 0.0412. The van der Waals surface area contributed by atoms with Crippen molar-refractivity contribution in [3.05, 3.63) is 58.9 Å². The van der Waals surface area contributed by atoms with Crippen LogP contribution in [0.3, 0.4) is 0 Å². The minimum atomic E-state index is -1.10. The topological polar surface area (TPSA) is 70.7 Å². The van der Waals surface area contributed by atoms with Crippen LogP contribution >= 0.6 is 0 Å². The molecule has 1 saturated heterocycles. The number of aromatic nitrogens is 3. The second-order valence-electron chi connectivity index (χ2n) is 6.34. The highest BCUT2D eigenvalue weighted by Crippen LogP contribution is 2.37. The van der Waals surface area contributed by atoms with Crippen molar-refractivity contribution in [2.45, 2.75) is 25.8 Å². The summed E-state index contributed by atoms with van der Waals surface area (Å²) < 4.78 is 29.2. The highest BCUT2D eigenvalue weighted by Gasteiger charge is 2.30. The normalized spacial score (nSPS) is 17.2. The molecule has 6 nitrogen and oxygen atoms in total. The third-order valence-electron chi connectivity index (χ3n) is 4.72. The fourth-order valence-electron chi connectivity index (χ4n) is 3.57. The standard InChI is InChI=1S/C18H16F2N4O2/c1-10-16(18(25)26)17-21-15(6-8-24(17)22-10)23-7-2-3-14(23)12-9-11(19)4-5-13(12)20/h4-6,8-9,14H,2-3,7H2,1H3,(H,25,26)/t14-/m1/s1. The first-order valence-corrected chi connectivity index (χ1v) is 8.26. The third-order valence-corrected chi connectivity index (χ3v) is 4.72. The summed E-state index contributed by atoms with van der Waals surface area (Å²) in [6.45, 7) is 2.23. The Morgan fingerprint density at radius 2 is 2.12 bits per heavy atom. The van der Waals surface area contributed by atoms with Crippen LogP contribution < -0.4 is 4.90 Å². The Kier molecular flexibility index (Phi) is 3.82. The predicted octanol–water partition coefficient (Wildman–Crippen LogP) is 3.36. The van der Waals surface area contributed by atoms with Crippen molar-refractivity contribution in [2.24, 2.45) is 0 Å². The molecular formula is C18H16F2N4O2. The molecule has 0 bridgehead atoms. The maximum absolute atomic E-state index is 14.2. The summed E-state index contributed by atoms with van der Waals surface area (Å²) in [4.78, 5) is 17.8. The molecule has 1 atom stereocenters. The average Bonchev–Trinajstić information content (AvgIpc) is 3.19. The summed E-state index contributed by atoms with van der Waals surface area (Å²) in [5.41, 5.74) is 0.931. The number of carbonyl (C=O) groups is 1. The predicted molar refractivity (Wildman–Crippen MR) is 90.4 cm³/mol. The molecule has 134 valence electrons. The summed E-state index contributed by atoms with van der Waals surface area (Å²) in [6, 6.07) is 4.79. The molecule has 2 aromatic heterocycles. The summed E-state index contributed by atoms with van der Waals surface area (Å²) in [6.07, 6.45) is 3.10. The van der Waals surface area contributed by atoms with Crippen molar-refractivity contribution in [1.82, 2.24) is 14.6 Å². The van der Waals surface area contributed by atoms with Gasteiger partial charge >= 0.3 is 5.97 Å². The van der Waals surface area contributed by atoms with Crippen LogP contribution in [-0.2, 0) is 0 Å². The maximum atomic E-state index is 14.2. The van der Waals surface area contributed by atoms with Gasteiger partial charge in [-0.3, -0.25) is 0 Å². The fraction of sp³-hybridized carbons (Fsp3) is 0.278. The molecule has 3 heterocycles. The number of nitrogens with zero attached hydrogens (tertiary/aromatic N) is 4. The second-order valence-corrected chi connectivity index (χ2v) is 6.34. The second kappa shape index (κ2) is 6.05. The van der Waals surface area contributed by atoms with Gasteiger partial charge in [-0.05, 0) is 44.0 Å². The number of hydrogen-bond acceptors (Lipinski definition) is 4. The lowest BCUT2D eigenvalue weighted by atomic mass is 10.0. The highest BCUT2D eigenvalue weighted by molar-refractivity contribution is 5.95. The number of carboxylic acids is 1. The highest BCUT2D eigenvalue weighted by atomic mass is 19.1. The molecule has 1 N–H and O–H groups in total. The van der Waals surface area contributed by atoms with Gasteiger partial charge in [0.1, 0.15) is 23.0 Å². The van der Waals surface area contributed by atoms with E-state index >= 15 is 0 Å². The van der Waals surface area contributed by atoms with E-state index in [1.165, 1.54) is 10.6 Å². The molecular weight excluding hydrogens is 342 g/mol. The van der Waals surface area contributed by atoms with Crippen LogP contribution in [0.1, 0.15) is 40.5 Å². The number of fused-ring (bicyclic) bond motifs is 1. The van der Waals surface area contributed by atoms with Crippen molar-refractivity contribution < 1.29 is 18.7 Å². The number of anilines is 1. The molecule has 0 amide bonds. The van der Waals surface area contributed by atoms with Gasteiger partial charge in [0.05, 0.1) is 11.7 Å². The largest absolute Gasteiger partial charge is 0.477 e. The van der Waals surface area contributed by atoms with Crippen LogP contribution in [0, 0.1) is 18.6 Å². The Labute approximate surface area is 147 Å². The molecule has 1 aliphatic heterocycles. The summed E-state index contributed by atoms with van der Waals surface area (Å²) in [5.74, 6) is -1.53. The Hall–Kier alpha value is -3.03. The number of carboxylic acid groups (broad SMARTS) is 1. The quantitative estimate of drug-likeness (QED) is 0.777. The van der Waals surface area contributed by atoms with E-state index in [2.05, 4.69) is 10.1 Å². The lowest BCUT2D eigenvalue weighted by molar-refractivity contribution is 0.0698. The number of hydrogen-bond donors (Lipinski definition) is 1. The first-order chi connectivity index (χ1) is 12.5. The van der Waals surface area contributed by atoms with Gasteiger partial charge in [-0.1, -0.05) is 0 Å². The van der Waals surface area contributed by atoms with E-state index < -0.39 is 17.6 Å². The molecule has 4 rings (SSSR count). The number of halogens is 2. The lowest BCUT2D eigenvalue weighted by Gasteiger charge is -2.26. The van der Waals surface area contributed by atoms with Crippen molar-refractivity contribution in [3.63, 3.8) is 0 Å². The van der Waals surface area contributed by atoms with Gasteiger partial charge in [0.25, 0.3) is 0 Å². The zero-order valence-electron chi connectivity index (χ0n) is 14.0. The SMILES string of the molecule is Cc1nn2ccc(N3CCC[C@@H]3c3cc(F)ccc3F)nc2c1C(=O)O. The van der Waals surface area contributed by atoms with E-state index in [1.54, 1.807) is 19.2 Å². The van der Waals surface area contributed by atoms with Crippen molar-refractivity contribution in [2.75, 3.05) is 11.4 Å². The lowest BCUT2D eigenvalue weighted by Crippen LogP contribution is -2.24. The van der Waals surface area contributed by atoms with Gasteiger partial charge in [0.2, 0.25) is 0 Å². The Bertz CT molecular complexity index is 1020. The molecule has 0 unspecified atom stereocenters. The van der Waals surface area contributed by atoms with Gasteiger partial charge in [0.15, 0.2) is 5.65 Å². The average molecular weight is 358 g/mol. The van der Waals surface area contributed by atoms with E-state index in [0.29, 0.717) is 24.5 Å². The molecule has 0 aliphatic carbocycles. The molecule has 26 heavy (non-hydrogen) atoms.